The van der Waals surface area contributed by atoms with Gasteiger partial charge in [0.15, 0.2) is 0 Å². The molecule has 1 aliphatic rings. The maximum atomic E-state index is 5.58. The predicted molar refractivity (Wildman–Crippen MR) is 55.7 cm³/mol. The molecule has 1 aromatic carbocycles. The molecule has 3 N–H and O–H groups in total. The molecule has 68 valence electrons. The molecule has 0 radical (unpaired) electrons. The van der Waals surface area contributed by atoms with Gasteiger partial charge in [-0.2, -0.15) is 0 Å². The van der Waals surface area contributed by atoms with Crippen LogP contribution in [0.3, 0.4) is 0 Å². The molecule has 2 rings (SSSR count). The Labute approximate surface area is 78.5 Å². The van der Waals surface area contributed by atoms with Gasteiger partial charge in [0.05, 0.1) is 6.10 Å². The molecular formula is C9H13BN2O. The van der Waals surface area contributed by atoms with E-state index < -0.39 is 0 Å². The maximum absolute atomic E-state index is 5.58. The van der Waals surface area contributed by atoms with Crippen molar-refractivity contribution >= 4 is 18.6 Å². The molecule has 0 bridgehead atoms. The van der Waals surface area contributed by atoms with Gasteiger partial charge in [0.25, 0.3) is 0 Å². The Morgan fingerprint density at radius 1 is 1.62 bits per heavy atom. The molecule has 3 nitrogen and oxygen atoms in total. The van der Waals surface area contributed by atoms with Crippen molar-refractivity contribution in [3.63, 3.8) is 0 Å². The molecule has 1 atom stereocenters. The van der Waals surface area contributed by atoms with Crippen molar-refractivity contribution in [2.24, 2.45) is 5.73 Å². The normalized spacial score (nSPS) is 19.4. The molecule has 0 fully saturated rings. The van der Waals surface area contributed by atoms with E-state index in [0.29, 0.717) is 14.0 Å². The van der Waals surface area contributed by atoms with Crippen LogP contribution in [0.2, 0.25) is 0 Å². The first-order chi connectivity index (χ1) is 6.35. The van der Waals surface area contributed by atoms with Crippen LogP contribution in [0.4, 0.5) is 5.69 Å². The molecule has 1 unspecified atom stereocenters. The zero-order valence-electron chi connectivity index (χ0n) is 7.71. The van der Waals surface area contributed by atoms with E-state index in [1.165, 1.54) is 11.0 Å². The summed E-state index contributed by atoms with van der Waals surface area (Å²) in [4.78, 5) is 0. The number of anilines is 1. The number of rotatable bonds is 2. The van der Waals surface area contributed by atoms with Crippen LogP contribution in [0, 0.1) is 0 Å². The van der Waals surface area contributed by atoms with E-state index in [-0.39, 0.29) is 6.10 Å². The van der Waals surface area contributed by atoms with Gasteiger partial charge in [0.1, 0.15) is 0 Å². The van der Waals surface area contributed by atoms with Crippen LogP contribution in [0.1, 0.15) is 11.7 Å². The molecule has 1 heterocycles. The fourth-order valence-electron chi connectivity index (χ4n) is 1.68. The molecule has 1 aliphatic heterocycles. The second-order valence-corrected chi connectivity index (χ2v) is 3.20. The van der Waals surface area contributed by atoms with Gasteiger partial charge in [-0.3, -0.25) is 0 Å². The third-order valence-electron chi connectivity index (χ3n) is 2.43. The molecule has 13 heavy (non-hydrogen) atoms. The minimum Gasteiger partial charge on any atom is -0.426 e. The highest BCUT2D eigenvalue weighted by Gasteiger charge is 2.22. The van der Waals surface area contributed by atoms with Crippen molar-refractivity contribution in [3.8, 4) is 0 Å². The summed E-state index contributed by atoms with van der Waals surface area (Å²) < 4.78 is 5.52. The molecule has 1 aromatic rings. The summed E-state index contributed by atoms with van der Waals surface area (Å²) in [6, 6.07) is 6.26. The molecule has 4 heteroatoms. The molecule has 0 spiro atoms. The van der Waals surface area contributed by atoms with Crippen LogP contribution in [-0.4, -0.2) is 21.1 Å². The lowest BCUT2D eigenvalue weighted by molar-refractivity contribution is 0.243. The average Bonchev–Trinajstić information content (AvgIpc) is 2.59. The maximum Gasteiger partial charge on any atom is 0.309 e. The Hall–Kier alpha value is -0.995. The van der Waals surface area contributed by atoms with E-state index >= 15 is 0 Å². The molecule has 0 saturated heterocycles. The van der Waals surface area contributed by atoms with Crippen LogP contribution >= 0.6 is 0 Å². The predicted octanol–water partition coefficient (Wildman–Crippen LogP) is -0.265. The van der Waals surface area contributed by atoms with E-state index in [1.807, 2.05) is 7.05 Å². The minimum absolute atomic E-state index is 0.0981. The highest BCUT2D eigenvalue weighted by Crippen LogP contribution is 2.21. The van der Waals surface area contributed by atoms with Crippen molar-refractivity contribution in [3.05, 3.63) is 23.8 Å². The number of hydrogen-bond acceptors (Lipinski definition) is 3. The lowest BCUT2D eigenvalue weighted by Crippen LogP contribution is -2.13. The summed E-state index contributed by atoms with van der Waals surface area (Å²) in [5.74, 6) is 0. The van der Waals surface area contributed by atoms with E-state index in [0.717, 1.165) is 5.69 Å². The highest BCUT2D eigenvalue weighted by atomic mass is 16.4. The number of nitrogens with one attached hydrogen (secondary N) is 1. The highest BCUT2D eigenvalue weighted by molar-refractivity contribution is 6.49. The standard InChI is InChI=1S/C9H13BN2O/c1-12-6-2-3-7-8(4-6)10-13-9(7)5-11/h2-4,9-10,12H,5,11H2,1H3. The Bertz CT molecular complexity index is 316. The van der Waals surface area contributed by atoms with Crippen molar-refractivity contribution in [1.82, 2.24) is 0 Å². The van der Waals surface area contributed by atoms with Gasteiger partial charge < -0.3 is 15.7 Å². The summed E-state index contributed by atoms with van der Waals surface area (Å²) >= 11 is 0. The van der Waals surface area contributed by atoms with Gasteiger partial charge in [-0.1, -0.05) is 6.07 Å². The quantitative estimate of drug-likeness (QED) is 0.610. The van der Waals surface area contributed by atoms with Crippen LogP contribution in [0.25, 0.3) is 0 Å². The van der Waals surface area contributed by atoms with Gasteiger partial charge in [-0.05, 0) is 23.2 Å². The third-order valence-corrected chi connectivity index (χ3v) is 2.43. The summed E-state index contributed by atoms with van der Waals surface area (Å²) in [7, 11) is 2.60. The van der Waals surface area contributed by atoms with E-state index in [9.17, 15) is 0 Å². The Morgan fingerprint density at radius 3 is 3.15 bits per heavy atom. The largest absolute Gasteiger partial charge is 0.426 e. The SMILES string of the molecule is CNc1ccc2c(c1)BOC2CN. The van der Waals surface area contributed by atoms with Crippen molar-refractivity contribution in [1.29, 1.82) is 0 Å². The summed E-state index contributed by atoms with van der Waals surface area (Å²) in [6.07, 6.45) is 0.0981. The van der Waals surface area contributed by atoms with E-state index in [2.05, 4.69) is 23.5 Å². The molecule has 0 saturated carbocycles. The first-order valence-corrected chi connectivity index (χ1v) is 4.47. The Kier molecular flexibility index (Phi) is 2.25. The summed E-state index contributed by atoms with van der Waals surface area (Å²) in [5, 5.41) is 3.10. The second-order valence-electron chi connectivity index (χ2n) is 3.20. The molecular weight excluding hydrogens is 163 g/mol. The minimum atomic E-state index is 0.0981. The van der Waals surface area contributed by atoms with Gasteiger partial charge in [0.2, 0.25) is 0 Å². The first-order valence-electron chi connectivity index (χ1n) is 4.47. The average molecular weight is 176 g/mol. The summed E-state index contributed by atoms with van der Waals surface area (Å²) in [5.41, 5.74) is 9.19. The number of hydrogen-bond donors (Lipinski definition) is 2. The number of fused-ring (bicyclic) bond motifs is 1. The van der Waals surface area contributed by atoms with Crippen molar-refractivity contribution in [2.45, 2.75) is 6.10 Å². The van der Waals surface area contributed by atoms with Gasteiger partial charge in [0, 0.05) is 19.3 Å². The van der Waals surface area contributed by atoms with Crippen molar-refractivity contribution in [2.75, 3.05) is 18.9 Å². The van der Waals surface area contributed by atoms with Crippen LogP contribution in [0.5, 0.6) is 0 Å². The molecule has 0 aromatic heterocycles. The fraction of sp³-hybridized carbons (Fsp3) is 0.333. The second kappa shape index (κ2) is 3.40. The van der Waals surface area contributed by atoms with Crippen LogP contribution in [-0.2, 0) is 4.65 Å². The Morgan fingerprint density at radius 2 is 2.46 bits per heavy atom. The number of benzene rings is 1. The fourth-order valence-corrected chi connectivity index (χ4v) is 1.68. The third kappa shape index (κ3) is 1.43. The monoisotopic (exact) mass is 176 g/mol. The molecule has 0 amide bonds. The Balaban J connectivity index is 2.34. The van der Waals surface area contributed by atoms with Gasteiger partial charge >= 0.3 is 7.48 Å². The van der Waals surface area contributed by atoms with E-state index in [4.69, 9.17) is 10.4 Å². The topological polar surface area (TPSA) is 47.3 Å². The van der Waals surface area contributed by atoms with Gasteiger partial charge in [-0.25, -0.2) is 0 Å². The lowest BCUT2D eigenvalue weighted by atomic mass is 9.86. The zero-order chi connectivity index (χ0) is 9.26. The smallest absolute Gasteiger partial charge is 0.309 e. The molecule has 0 aliphatic carbocycles. The lowest BCUT2D eigenvalue weighted by Gasteiger charge is -2.09. The number of nitrogens with two attached hydrogens (primary N) is 1. The summed E-state index contributed by atoms with van der Waals surface area (Å²) in [6.45, 7) is 0.561. The zero-order valence-corrected chi connectivity index (χ0v) is 7.71. The van der Waals surface area contributed by atoms with Gasteiger partial charge in [-0.15, -0.1) is 0 Å². The van der Waals surface area contributed by atoms with Crippen LogP contribution < -0.4 is 16.5 Å². The van der Waals surface area contributed by atoms with Crippen molar-refractivity contribution < 1.29 is 4.65 Å². The van der Waals surface area contributed by atoms with Crippen LogP contribution in [0.15, 0.2) is 18.2 Å². The first kappa shape index (κ1) is 8.60. The van der Waals surface area contributed by atoms with E-state index in [1.54, 1.807) is 0 Å².